The van der Waals surface area contributed by atoms with Crippen LogP contribution >= 0.6 is 27.3 Å². The summed E-state index contributed by atoms with van der Waals surface area (Å²) in [6.07, 6.45) is 0. The number of hydrogen-bond donors (Lipinski definition) is 0. The van der Waals surface area contributed by atoms with E-state index < -0.39 is 0 Å². The van der Waals surface area contributed by atoms with Crippen LogP contribution in [0.5, 0.6) is 0 Å². The Kier molecular flexibility index (Phi) is 4.31. The smallest absolute Gasteiger partial charge is 0.267 e. The van der Waals surface area contributed by atoms with Crippen molar-refractivity contribution in [2.45, 2.75) is 6.54 Å². The number of hydrogen-bond acceptors (Lipinski definition) is 4. The van der Waals surface area contributed by atoms with Gasteiger partial charge in [-0.2, -0.15) is 5.10 Å². The molecule has 0 saturated heterocycles. The molecule has 0 N–H and O–H groups in total. The summed E-state index contributed by atoms with van der Waals surface area (Å²) in [5.41, 5.74) is 0.961. The first-order valence-electron chi connectivity index (χ1n) is 6.54. The van der Waals surface area contributed by atoms with Crippen molar-refractivity contribution in [1.29, 1.82) is 0 Å². The first kappa shape index (κ1) is 14.9. The molecule has 0 bridgehead atoms. The summed E-state index contributed by atoms with van der Waals surface area (Å²) in [6, 6.07) is 14.0. The molecule has 2 heterocycles. The van der Waals surface area contributed by atoms with Crippen LogP contribution in [-0.2, 0) is 6.54 Å². The van der Waals surface area contributed by atoms with Gasteiger partial charge in [0.05, 0.1) is 4.88 Å². The fraction of sp³-hybridized carbons (Fsp3) is 0.0625. The van der Waals surface area contributed by atoms with E-state index in [0.29, 0.717) is 11.3 Å². The van der Waals surface area contributed by atoms with E-state index in [1.807, 2.05) is 17.5 Å². The second kappa shape index (κ2) is 6.37. The van der Waals surface area contributed by atoms with Gasteiger partial charge in [-0.05, 0) is 29.6 Å². The third-order valence-corrected chi connectivity index (χ3v) is 4.52. The van der Waals surface area contributed by atoms with Gasteiger partial charge in [0.25, 0.3) is 5.56 Å². The fourth-order valence-electron chi connectivity index (χ4n) is 1.98. The zero-order chi connectivity index (χ0) is 15.5. The maximum Gasteiger partial charge on any atom is 0.267 e. The first-order valence-corrected chi connectivity index (χ1v) is 8.21. The molecule has 2 aromatic heterocycles. The predicted octanol–water partition coefficient (Wildman–Crippen LogP) is 3.62. The van der Waals surface area contributed by atoms with Crippen molar-refractivity contribution in [2.75, 3.05) is 0 Å². The maximum atomic E-state index is 12.3. The molecule has 110 valence electrons. The second-order valence-electron chi connectivity index (χ2n) is 4.62. The van der Waals surface area contributed by atoms with Crippen molar-refractivity contribution in [3.05, 3.63) is 74.3 Å². The zero-order valence-electron chi connectivity index (χ0n) is 11.4. The predicted molar refractivity (Wildman–Crippen MR) is 90.3 cm³/mol. The van der Waals surface area contributed by atoms with E-state index in [0.717, 1.165) is 9.35 Å². The van der Waals surface area contributed by atoms with Crippen LogP contribution in [0.3, 0.4) is 0 Å². The number of Topliss-reactive ketones (excluding diaryl/α,β-unsaturated/α-hetero) is 1. The Hall–Kier alpha value is -2.05. The van der Waals surface area contributed by atoms with E-state index in [9.17, 15) is 9.59 Å². The molecule has 0 saturated carbocycles. The third kappa shape index (κ3) is 3.23. The SMILES string of the molecule is O=C(Cn1nc(-c2cccs2)ccc1=O)c1ccc(Br)cc1. The number of rotatable bonds is 4. The van der Waals surface area contributed by atoms with Crippen molar-refractivity contribution in [3.8, 4) is 10.6 Å². The lowest BCUT2D eigenvalue weighted by Crippen LogP contribution is -2.26. The summed E-state index contributed by atoms with van der Waals surface area (Å²) in [5.74, 6) is -0.148. The van der Waals surface area contributed by atoms with Gasteiger partial charge >= 0.3 is 0 Å². The van der Waals surface area contributed by atoms with Crippen LogP contribution in [0.1, 0.15) is 10.4 Å². The summed E-state index contributed by atoms with van der Waals surface area (Å²) in [6.45, 7) is -0.0698. The minimum atomic E-state index is -0.286. The number of aromatic nitrogens is 2. The van der Waals surface area contributed by atoms with Crippen LogP contribution in [0.2, 0.25) is 0 Å². The molecule has 4 nitrogen and oxygen atoms in total. The Morgan fingerprint density at radius 1 is 1.14 bits per heavy atom. The maximum absolute atomic E-state index is 12.3. The van der Waals surface area contributed by atoms with E-state index in [1.165, 1.54) is 22.1 Å². The number of benzene rings is 1. The molecule has 0 radical (unpaired) electrons. The number of carbonyl (C=O) groups excluding carboxylic acids is 1. The molecule has 1 aromatic carbocycles. The average molecular weight is 375 g/mol. The minimum absolute atomic E-state index is 0.0698. The van der Waals surface area contributed by atoms with Crippen LogP contribution in [0.15, 0.2) is 63.2 Å². The summed E-state index contributed by atoms with van der Waals surface area (Å²) in [5, 5.41) is 6.23. The highest BCUT2D eigenvalue weighted by Crippen LogP contribution is 2.21. The molecule has 0 spiro atoms. The summed E-state index contributed by atoms with van der Waals surface area (Å²) in [7, 11) is 0. The van der Waals surface area contributed by atoms with Gasteiger partial charge in [0.1, 0.15) is 12.2 Å². The molecular formula is C16H11BrN2O2S. The summed E-state index contributed by atoms with van der Waals surface area (Å²) in [4.78, 5) is 25.1. The normalized spacial score (nSPS) is 10.6. The van der Waals surface area contributed by atoms with Gasteiger partial charge in [0.15, 0.2) is 5.78 Å². The lowest BCUT2D eigenvalue weighted by atomic mass is 10.1. The zero-order valence-corrected chi connectivity index (χ0v) is 13.8. The van der Waals surface area contributed by atoms with Gasteiger partial charge in [-0.15, -0.1) is 11.3 Å². The van der Waals surface area contributed by atoms with Crippen LogP contribution in [0.4, 0.5) is 0 Å². The Balaban J connectivity index is 1.88. The van der Waals surface area contributed by atoms with Crippen molar-refractivity contribution in [2.24, 2.45) is 0 Å². The molecule has 0 aliphatic rings. The monoisotopic (exact) mass is 374 g/mol. The van der Waals surface area contributed by atoms with E-state index in [-0.39, 0.29) is 17.9 Å². The highest BCUT2D eigenvalue weighted by atomic mass is 79.9. The minimum Gasteiger partial charge on any atom is -0.292 e. The van der Waals surface area contributed by atoms with Crippen LogP contribution in [0, 0.1) is 0 Å². The largest absolute Gasteiger partial charge is 0.292 e. The van der Waals surface area contributed by atoms with Gasteiger partial charge in [-0.1, -0.05) is 34.1 Å². The van der Waals surface area contributed by atoms with Crippen molar-refractivity contribution < 1.29 is 4.79 Å². The summed E-state index contributed by atoms with van der Waals surface area (Å²) < 4.78 is 2.11. The molecule has 0 aliphatic carbocycles. The number of nitrogens with zero attached hydrogens (tertiary/aromatic N) is 2. The number of thiophene rings is 1. The standard InChI is InChI=1S/C16H11BrN2O2S/c17-12-5-3-11(4-6-12)14(20)10-19-16(21)8-7-13(18-19)15-2-1-9-22-15/h1-9H,10H2. The van der Waals surface area contributed by atoms with Gasteiger partial charge in [-0.3, -0.25) is 9.59 Å². The van der Waals surface area contributed by atoms with Crippen LogP contribution in [-0.4, -0.2) is 15.6 Å². The van der Waals surface area contributed by atoms with Gasteiger partial charge in [-0.25, -0.2) is 4.68 Å². The molecule has 0 atom stereocenters. The Morgan fingerprint density at radius 2 is 1.91 bits per heavy atom. The highest BCUT2D eigenvalue weighted by Gasteiger charge is 2.10. The van der Waals surface area contributed by atoms with Crippen molar-refractivity contribution >= 4 is 33.0 Å². The lowest BCUT2D eigenvalue weighted by molar-refractivity contribution is 0.0966. The van der Waals surface area contributed by atoms with Gasteiger partial charge < -0.3 is 0 Å². The molecule has 0 aliphatic heterocycles. The number of carbonyl (C=O) groups is 1. The molecule has 6 heteroatoms. The van der Waals surface area contributed by atoms with E-state index in [4.69, 9.17) is 0 Å². The van der Waals surface area contributed by atoms with E-state index in [2.05, 4.69) is 21.0 Å². The molecule has 0 amide bonds. The van der Waals surface area contributed by atoms with E-state index >= 15 is 0 Å². The molecule has 0 fully saturated rings. The fourth-order valence-corrected chi connectivity index (χ4v) is 2.94. The molecule has 0 unspecified atom stereocenters. The molecule has 22 heavy (non-hydrogen) atoms. The van der Waals surface area contributed by atoms with E-state index in [1.54, 1.807) is 30.3 Å². The van der Waals surface area contributed by atoms with Gasteiger partial charge in [0.2, 0.25) is 0 Å². The quantitative estimate of drug-likeness (QED) is 0.655. The average Bonchev–Trinajstić information content (AvgIpc) is 3.04. The lowest BCUT2D eigenvalue weighted by Gasteiger charge is -2.06. The van der Waals surface area contributed by atoms with Crippen molar-refractivity contribution in [1.82, 2.24) is 9.78 Å². The second-order valence-corrected chi connectivity index (χ2v) is 6.49. The first-order chi connectivity index (χ1) is 10.6. The Morgan fingerprint density at radius 3 is 2.59 bits per heavy atom. The molecule has 3 aromatic rings. The molecular weight excluding hydrogens is 364 g/mol. The Labute approximate surface area is 139 Å². The highest BCUT2D eigenvalue weighted by molar-refractivity contribution is 9.10. The number of halogens is 1. The van der Waals surface area contributed by atoms with Gasteiger partial charge in [0, 0.05) is 16.1 Å². The Bertz CT molecular complexity index is 855. The topological polar surface area (TPSA) is 52.0 Å². The van der Waals surface area contributed by atoms with Crippen LogP contribution < -0.4 is 5.56 Å². The molecule has 3 rings (SSSR count). The third-order valence-electron chi connectivity index (χ3n) is 3.10. The summed E-state index contributed by atoms with van der Waals surface area (Å²) >= 11 is 4.87. The van der Waals surface area contributed by atoms with Crippen molar-refractivity contribution in [3.63, 3.8) is 0 Å². The van der Waals surface area contributed by atoms with Crippen LogP contribution in [0.25, 0.3) is 10.6 Å². The number of ketones is 1.